The molecule has 0 aliphatic carbocycles. The largest absolute Gasteiger partial charge is 0.276 e. The Morgan fingerprint density at radius 2 is 1.88 bits per heavy atom. The van der Waals surface area contributed by atoms with Crippen molar-refractivity contribution in [3.8, 4) is 0 Å². The maximum atomic E-state index is 11.3. The molecule has 0 spiro atoms. The first-order valence-electron chi connectivity index (χ1n) is 4.52. The van der Waals surface area contributed by atoms with Crippen LogP contribution in [-0.2, 0) is 9.05 Å². The normalized spacial score (nSPS) is 11.8. The number of benzene rings is 1. The smallest absolute Gasteiger partial charge is 0.261 e. The molecule has 0 N–H and O–H groups in total. The van der Waals surface area contributed by atoms with Crippen LogP contribution < -0.4 is 0 Å². The van der Waals surface area contributed by atoms with Crippen LogP contribution in [-0.4, -0.2) is 13.7 Å². The molecule has 0 saturated heterocycles. The Morgan fingerprint density at radius 3 is 2.25 bits per heavy atom. The van der Waals surface area contributed by atoms with E-state index in [9.17, 15) is 13.2 Å². The molecule has 0 amide bonds. The van der Waals surface area contributed by atoms with Crippen LogP contribution in [0.3, 0.4) is 0 Å². The summed E-state index contributed by atoms with van der Waals surface area (Å²) in [5.74, 6) is -0.0111. The molecule has 0 aromatic heterocycles. The first-order valence-corrected chi connectivity index (χ1v) is 7.20. The number of carbonyl (C=O) groups excluding carboxylic acids is 1. The molecular weight excluding hydrogens is 271 g/mol. The summed E-state index contributed by atoms with van der Waals surface area (Å²) in [7, 11) is 1.43. The monoisotopic (exact) mass is 280 g/mol. The van der Waals surface area contributed by atoms with Crippen molar-refractivity contribution >= 4 is 36.6 Å². The van der Waals surface area contributed by atoms with Gasteiger partial charge in [0.15, 0.2) is 0 Å². The topological polar surface area (TPSA) is 51.2 Å². The highest BCUT2D eigenvalue weighted by Gasteiger charge is 2.19. The lowest BCUT2D eigenvalue weighted by molar-refractivity contribution is 0.108. The van der Waals surface area contributed by atoms with Crippen LogP contribution in [0.1, 0.15) is 35.7 Å². The van der Waals surface area contributed by atoms with Crippen molar-refractivity contribution in [2.45, 2.75) is 24.7 Å². The molecule has 0 fully saturated rings. The Kier molecular flexibility index (Phi) is 3.99. The first kappa shape index (κ1) is 13.5. The number of hydrogen-bond donors (Lipinski definition) is 0. The zero-order valence-electron chi connectivity index (χ0n) is 8.70. The van der Waals surface area contributed by atoms with Crippen molar-refractivity contribution in [3.63, 3.8) is 0 Å². The van der Waals surface area contributed by atoms with Crippen molar-refractivity contribution in [1.82, 2.24) is 0 Å². The second kappa shape index (κ2) is 4.73. The summed E-state index contributed by atoms with van der Waals surface area (Å²) >= 11 is 5.28. The van der Waals surface area contributed by atoms with E-state index in [1.165, 1.54) is 12.1 Å². The summed E-state index contributed by atoms with van der Waals surface area (Å²) in [6.07, 6.45) is 0. The van der Waals surface area contributed by atoms with Crippen LogP contribution in [0.5, 0.6) is 0 Å². The summed E-state index contributed by atoms with van der Waals surface area (Å²) < 4.78 is 22.7. The number of hydrogen-bond acceptors (Lipinski definition) is 3. The van der Waals surface area contributed by atoms with Crippen LogP contribution in [0.4, 0.5) is 0 Å². The Balaban J connectivity index is 3.51. The zero-order chi connectivity index (χ0) is 12.5. The minimum absolute atomic E-state index is 0.0111. The second-order valence-corrected chi connectivity index (χ2v) is 6.50. The molecule has 0 saturated carbocycles. The van der Waals surface area contributed by atoms with E-state index in [1.54, 1.807) is 6.07 Å². The second-order valence-electron chi connectivity index (χ2n) is 3.62. The maximum Gasteiger partial charge on any atom is 0.261 e. The van der Waals surface area contributed by atoms with E-state index in [4.69, 9.17) is 22.3 Å². The van der Waals surface area contributed by atoms with Crippen molar-refractivity contribution in [3.05, 3.63) is 29.3 Å². The quantitative estimate of drug-likeness (QED) is 0.800. The Morgan fingerprint density at radius 1 is 1.31 bits per heavy atom. The van der Waals surface area contributed by atoms with Gasteiger partial charge in [-0.25, -0.2) is 8.42 Å². The van der Waals surface area contributed by atoms with Crippen molar-refractivity contribution < 1.29 is 13.2 Å². The van der Waals surface area contributed by atoms with Crippen LogP contribution in [0.15, 0.2) is 23.1 Å². The summed E-state index contributed by atoms with van der Waals surface area (Å²) in [5.41, 5.74) is 0.682. The molecule has 0 unspecified atom stereocenters. The summed E-state index contributed by atoms with van der Waals surface area (Å²) in [4.78, 5) is 10.9. The van der Waals surface area contributed by atoms with E-state index in [1.807, 2.05) is 13.8 Å². The van der Waals surface area contributed by atoms with Gasteiger partial charge in [-0.2, -0.15) is 0 Å². The highest BCUT2D eigenvalue weighted by molar-refractivity contribution is 8.13. The highest BCUT2D eigenvalue weighted by Crippen LogP contribution is 2.27. The van der Waals surface area contributed by atoms with Gasteiger partial charge in [-0.05, 0) is 35.2 Å². The fourth-order valence-electron chi connectivity index (χ4n) is 1.34. The van der Waals surface area contributed by atoms with Crippen molar-refractivity contribution in [2.75, 3.05) is 0 Å². The van der Waals surface area contributed by atoms with E-state index >= 15 is 0 Å². The van der Waals surface area contributed by atoms with E-state index in [0.717, 1.165) is 0 Å². The maximum absolute atomic E-state index is 11.3. The molecule has 0 radical (unpaired) electrons. The van der Waals surface area contributed by atoms with Gasteiger partial charge in [0, 0.05) is 16.2 Å². The molecule has 0 aliphatic heterocycles. The third-order valence-electron chi connectivity index (χ3n) is 2.13. The lowest BCUT2D eigenvalue weighted by atomic mass is 10.0. The SMILES string of the molecule is CC(C)c1ccc(C(=O)Cl)cc1S(=O)(=O)Cl. The fraction of sp³-hybridized carbons (Fsp3) is 0.300. The lowest BCUT2D eigenvalue weighted by Gasteiger charge is -2.10. The van der Waals surface area contributed by atoms with Gasteiger partial charge < -0.3 is 0 Å². The van der Waals surface area contributed by atoms with Crippen LogP contribution in [0, 0.1) is 0 Å². The summed E-state index contributed by atoms with van der Waals surface area (Å²) in [6, 6.07) is 4.23. The number of rotatable bonds is 3. The van der Waals surface area contributed by atoms with E-state index < -0.39 is 14.3 Å². The van der Waals surface area contributed by atoms with Gasteiger partial charge in [-0.3, -0.25) is 4.79 Å². The Hall–Kier alpha value is -0.580. The third-order valence-corrected chi connectivity index (χ3v) is 3.72. The van der Waals surface area contributed by atoms with Crippen LogP contribution in [0.25, 0.3) is 0 Å². The third kappa shape index (κ3) is 2.97. The van der Waals surface area contributed by atoms with Crippen LogP contribution in [0.2, 0.25) is 0 Å². The highest BCUT2D eigenvalue weighted by atomic mass is 35.7. The molecule has 16 heavy (non-hydrogen) atoms. The van der Waals surface area contributed by atoms with E-state index in [-0.39, 0.29) is 16.4 Å². The molecule has 0 aliphatic rings. The first-order chi connectivity index (χ1) is 7.23. The van der Waals surface area contributed by atoms with Crippen molar-refractivity contribution in [1.29, 1.82) is 0 Å². The van der Waals surface area contributed by atoms with Gasteiger partial charge in [-0.1, -0.05) is 19.9 Å². The molecule has 0 atom stereocenters. The Labute approximate surface area is 104 Å². The standard InChI is InChI=1S/C10H10Cl2O3S/c1-6(2)8-4-3-7(10(11)13)5-9(8)16(12,14)15/h3-6H,1-2H3. The predicted octanol–water partition coefficient (Wildman–Crippen LogP) is 3.12. The molecule has 0 heterocycles. The zero-order valence-corrected chi connectivity index (χ0v) is 11.0. The van der Waals surface area contributed by atoms with Gasteiger partial charge in [0.1, 0.15) is 0 Å². The molecule has 88 valence electrons. The molecule has 1 rings (SSSR count). The fourth-order valence-corrected chi connectivity index (χ4v) is 2.72. The van der Waals surface area contributed by atoms with Crippen LogP contribution >= 0.6 is 22.3 Å². The molecule has 3 nitrogen and oxygen atoms in total. The molecular formula is C10H10Cl2O3S. The number of carbonyl (C=O) groups is 1. The molecule has 1 aromatic rings. The molecule has 0 bridgehead atoms. The van der Waals surface area contributed by atoms with Gasteiger partial charge in [0.05, 0.1) is 4.90 Å². The van der Waals surface area contributed by atoms with Gasteiger partial charge in [0.25, 0.3) is 14.3 Å². The van der Waals surface area contributed by atoms with E-state index in [0.29, 0.717) is 5.56 Å². The van der Waals surface area contributed by atoms with Gasteiger partial charge in [0.2, 0.25) is 0 Å². The van der Waals surface area contributed by atoms with Crippen molar-refractivity contribution in [2.24, 2.45) is 0 Å². The molecule has 1 aromatic carbocycles. The summed E-state index contributed by atoms with van der Waals surface area (Å²) in [5, 5.41) is -0.711. The lowest BCUT2D eigenvalue weighted by Crippen LogP contribution is -2.02. The number of halogens is 2. The predicted molar refractivity (Wildman–Crippen MR) is 63.8 cm³/mol. The van der Waals surface area contributed by atoms with Gasteiger partial charge in [-0.15, -0.1) is 0 Å². The van der Waals surface area contributed by atoms with Gasteiger partial charge >= 0.3 is 0 Å². The minimum atomic E-state index is -3.87. The average Bonchev–Trinajstić information content (AvgIpc) is 2.15. The summed E-state index contributed by atoms with van der Waals surface area (Å²) in [6.45, 7) is 3.67. The Bertz CT molecular complexity index is 521. The minimum Gasteiger partial charge on any atom is -0.276 e. The van der Waals surface area contributed by atoms with E-state index in [2.05, 4.69) is 0 Å². The average molecular weight is 281 g/mol. The molecule has 6 heteroatoms.